The molecule has 3 rings (SSSR count). The average Bonchev–Trinajstić information content (AvgIpc) is 3.00. The number of benzene rings is 1. The van der Waals surface area contributed by atoms with Gasteiger partial charge in [0.1, 0.15) is 5.69 Å². The molecule has 1 aromatic heterocycles. The van der Waals surface area contributed by atoms with Gasteiger partial charge >= 0.3 is 5.97 Å². The summed E-state index contributed by atoms with van der Waals surface area (Å²) in [7, 11) is -1.64. The van der Waals surface area contributed by atoms with E-state index in [2.05, 4.69) is 4.98 Å². The summed E-state index contributed by atoms with van der Waals surface area (Å²) in [6, 6.07) is 7.86. The Morgan fingerprint density at radius 3 is 2.67 bits per heavy atom. The van der Waals surface area contributed by atoms with Crippen molar-refractivity contribution in [3.8, 4) is 0 Å². The van der Waals surface area contributed by atoms with E-state index in [1.807, 2.05) is 0 Å². The number of nitrogens with one attached hydrogen (secondary N) is 1. The lowest BCUT2D eigenvalue weighted by Crippen LogP contribution is -2.44. The molecule has 27 heavy (non-hydrogen) atoms. The number of ether oxygens (including phenoxy) is 1. The molecule has 144 valence electrons. The molecule has 8 nitrogen and oxygen atoms in total. The Hall–Kier alpha value is -2.68. The number of sulfone groups is 1. The third-order valence-electron chi connectivity index (χ3n) is 4.71. The second-order valence-corrected chi connectivity index (χ2v) is 8.88. The number of H-pyrrole nitrogens is 1. The van der Waals surface area contributed by atoms with E-state index in [4.69, 9.17) is 4.74 Å². The summed E-state index contributed by atoms with van der Waals surface area (Å²) in [6.45, 7) is 1.42. The number of nitrogens with zero attached hydrogens (tertiary/aromatic N) is 1. The SMILES string of the molecule is C[C@@H](OC(=O)c1cc2ccccc2c(=O)[nH]1)C(=O)N(C)[C@@H]1CCS(=O)(=O)C1. The quantitative estimate of drug-likeness (QED) is 0.767. The van der Waals surface area contributed by atoms with Gasteiger partial charge in [0.15, 0.2) is 15.9 Å². The number of aromatic nitrogens is 1. The summed E-state index contributed by atoms with van der Waals surface area (Å²) in [5.41, 5.74) is -0.475. The summed E-state index contributed by atoms with van der Waals surface area (Å²) >= 11 is 0. The van der Waals surface area contributed by atoms with E-state index >= 15 is 0 Å². The highest BCUT2D eigenvalue weighted by Gasteiger charge is 2.35. The number of amides is 1. The summed E-state index contributed by atoms with van der Waals surface area (Å²) < 4.78 is 28.4. The Morgan fingerprint density at radius 1 is 1.30 bits per heavy atom. The zero-order valence-corrected chi connectivity index (χ0v) is 15.8. The predicted octanol–water partition coefficient (Wildman–Crippen LogP) is 0.719. The molecule has 0 aliphatic carbocycles. The number of likely N-dealkylation sites (N-methyl/N-ethyl adjacent to an activating group) is 1. The van der Waals surface area contributed by atoms with Crippen LogP contribution >= 0.6 is 0 Å². The number of carbonyl (C=O) groups is 2. The molecule has 9 heteroatoms. The van der Waals surface area contributed by atoms with Gasteiger partial charge in [-0.2, -0.15) is 0 Å². The third-order valence-corrected chi connectivity index (χ3v) is 6.46. The topological polar surface area (TPSA) is 114 Å². The van der Waals surface area contributed by atoms with Gasteiger partial charge in [0.05, 0.1) is 11.5 Å². The zero-order valence-electron chi connectivity index (χ0n) is 15.0. The van der Waals surface area contributed by atoms with Gasteiger partial charge in [-0.05, 0) is 30.9 Å². The van der Waals surface area contributed by atoms with E-state index in [9.17, 15) is 22.8 Å². The van der Waals surface area contributed by atoms with Gasteiger partial charge < -0.3 is 14.6 Å². The van der Waals surface area contributed by atoms with Crippen LogP contribution in [0.25, 0.3) is 10.8 Å². The summed E-state index contributed by atoms with van der Waals surface area (Å²) in [6.07, 6.45) is -0.746. The lowest BCUT2D eigenvalue weighted by Gasteiger charge is -2.26. The van der Waals surface area contributed by atoms with Crippen molar-refractivity contribution >= 4 is 32.5 Å². The van der Waals surface area contributed by atoms with Crippen LogP contribution in [0.3, 0.4) is 0 Å². The van der Waals surface area contributed by atoms with Crippen molar-refractivity contribution in [3.05, 3.63) is 46.4 Å². The van der Waals surface area contributed by atoms with Crippen molar-refractivity contribution in [2.45, 2.75) is 25.5 Å². The molecular weight excluding hydrogens is 372 g/mol. The minimum Gasteiger partial charge on any atom is -0.448 e. The molecule has 0 saturated carbocycles. The minimum atomic E-state index is -3.13. The van der Waals surface area contributed by atoms with Crippen LogP contribution in [-0.2, 0) is 19.4 Å². The molecule has 2 heterocycles. The van der Waals surface area contributed by atoms with Crippen molar-refractivity contribution in [1.82, 2.24) is 9.88 Å². The monoisotopic (exact) mass is 392 g/mol. The summed E-state index contributed by atoms with van der Waals surface area (Å²) in [5, 5.41) is 1.03. The summed E-state index contributed by atoms with van der Waals surface area (Å²) in [5.74, 6) is -1.37. The minimum absolute atomic E-state index is 0.0434. The molecule has 0 radical (unpaired) electrons. The maximum atomic E-state index is 12.5. The van der Waals surface area contributed by atoms with Crippen molar-refractivity contribution in [3.63, 3.8) is 0 Å². The van der Waals surface area contributed by atoms with E-state index in [1.54, 1.807) is 24.3 Å². The predicted molar refractivity (Wildman–Crippen MR) is 99.3 cm³/mol. The summed E-state index contributed by atoms with van der Waals surface area (Å²) in [4.78, 5) is 40.7. The number of esters is 1. The lowest BCUT2D eigenvalue weighted by atomic mass is 10.1. The van der Waals surface area contributed by atoms with Crippen molar-refractivity contribution < 1.29 is 22.7 Å². The maximum absolute atomic E-state index is 12.5. The Bertz CT molecular complexity index is 1060. The molecule has 2 aromatic rings. The molecule has 1 aliphatic heterocycles. The number of hydrogen-bond acceptors (Lipinski definition) is 6. The van der Waals surface area contributed by atoms with Crippen LogP contribution < -0.4 is 5.56 Å². The van der Waals surface area contributed by atoms with Crippen LogP contribution in [0.5, 0.6) is 0 Å². The lowest BCUT2D eigenvalue weighted by molar-refractivity contribution is -0.140. The van der Waals surface area contributed by atoms with Gasteiger partial charge in [-0.25, -0.2) is 13.2 Å². The normalized spacial score (nSPS) is 19.6. The van der Waals surface area contributed by atoms with Crippen LogP contribution in [0.15, 0.2) is 35.1 Å². The van der Waals surface area contributed by atoms with Gasteiger partial charge in [0, 0.05) is 18.5 Å². The molecule has 1 amide bonds. The fraction of sp³-hybridized carbons (Fsp3) is 0.389. The van der Waals surface area contributed by atoms with Gasteiger partial charge in [-0.1, -0.05) is 18.2 Å². The second-order valence-electron chi connectivity index (χ2n) is 6.65. The van der Waals surface area contributed by atoms with E-state index in [-0.39, 0.29) is 17.2 Å². The Kier molecular flexibility index (Phi) is 5.05. The second kappa shape index (κ2) is 7.15. The molecule has 1 fully saturated rings. The molecule has 2 atom stereocenters. The largest absolute Gasteiger partial charge is 0.448 e. The van der Waals surface area contributed by atoms with E-state index in [0.29, 0.717) is 17.2 Å². The van der Waals surface area contributed by atoms with Crippen molar-refractivity contribution in [2.24, 2.45) is 0 Å². The van der Waals surface area contributed by atoms with Gasteiger partial charge in [-0.3, -0.25) is 9.59 Å². The Balaban J connectivity index is 1.72. The standard InChI is InChI=1S/C18H20N2O6S/c1-11(17(22)20(2)13-7-8-27(24,25)10-13)26-18(23)15-9-12-5-3-4-6-14(12)16(21)19-15/h3-6,9,11,13H,7-8,10H2,1-2H3,(H,19,21)/t11-,13-/m1/s1. The maximum Gasteiger partial charge on any atom is 0.355 e. The molecular formula is C18H20N2O6S. The fourth-order valence-electron chi connectivity index (χ4n) is 3.14. The number of carbonyl (C=O) groups excluding carboxylic acids is 2. The van der Waals surface area contributed by atoms with Gasteiger partial charge in [0.25, 0.3) is 11.5 Å². The average molecular weight is 392 g/mol. The first-order chi connectivity index (χ1) is 12.7. The first kappa shape index (κ1) is 19.1. The zero-order chi connectivity index (χ0) is 19.8. The van der Waals surface area contributed by atoms with Crippen LogP contribution in [0.1, 0.15) is 23.8 Å². The van der Waals surface area contributed by atoms with Crippen molar-refractivity contribution in [1.29, 1.82) is 0 Å². The van der Waals surface area contributed by atoms with Crippen LogP contribution in [0.2, 0.25) is 0 Å². The van der Waals surface area contributed by atoms with Crippen LogP contribution in [-0.4, -0.2) is 60.9 Å². The van der Waals surface area contributed by atoms with Gasteiger partial charge in [0.2, 0.25) is 0 Å². The molecule has 0 spiro atoms. The Labute approximate surface area is 156 Å². The van der Waals surface area contributed by atoms with Crippen LogP contribution in [0.4, 0.5) is 0 Å². The third kappa shape index (κ3) is 4.02. The molecule has 1 N–H and O–H groups in total. The number of rotatable bonds is 4. The molecule has 1 aromatic carbocycles. The highest BCUT2D eigenvalue weighted by molar-refractivity contribution is 7.91. The van der Waals surface area contributed by atoms with Gasteiger partial charge in [-0.15, -0.1) is 0 Å². The highest BCUT2D eigenvalue weighted by Crippen LogP contribution is 2.18. The first-order valence-corrected chi connectivity index (χ1v) is 10.3. The van der Waals surface area contributed by atoms with Crippen LogP contribution in [0, 0.1) is 0 Å². The first-order valence-electron chi connectivity index (χ1n) is 8.48. The van der Waals surface area contributed by atoms with E-state index in [1.165, 1.54) is 24.9 Å². The molecule has 1 saturated heterocycles. The molecule has 0 unspecified atom stereocenters. The molecule has 0 bridgehead atoms. The number of fused-ring (bicyclic) bond motifs is 1. The number of hydrogen-bond donors (Lipinski definition) is 1. The van der Waals surface area contributed by atoms with E-state index in [0.717, 1.165) is 0 Å². The smallest absolute Gasteiger partial charge is 0.355 e. The highest BCUT2D eigenvalue weighted by atomic mass is 32.2. The number of pyridine rings is 1. The van der Waals surface area contributed by atoms with Crippen molar-refractivity contribution in [2.75, 3.05) is 18.6 Å². The fourth-order valence-corrected chi connectivity index (χ4v) is 4.92. The van der Waals surface area contributed by atoms with E-state index < -0.39 is 39.4 Å². The number of aromatic amines is 1. The Morgan fingerprint density at radius 2 is 2.00 bits per heavy atom. The molecule has 1 aliphatic rings.